The summed E-state index contributed by atoms with van der Waals surface area (Å²) in [6, 6.07) is 0. The lowest BCUT2D eigenvalue weighted by molar-refractivity contribution is -0.163. The summed E-state index contributed by atoms with van der Waals surface area (Å²) >= 11 is 0. The molecule has 3 N–H and O–H groups in total. The molecular weight excluding hydrogens is 416 g/mol. The number of aliphatic hydroxyl groups is 3. The van der Waals surface area contributed by atoms with Gasteiger partial charge in [0.15, 0.2) is 6.29 Å². The highest BCUT2D eigenvalue weighted by molar-refractivity contribution is 5.88. The fourth-order valence-corrected chi connectivity index (χ4v) is 8.42. The number of ether oxygens (including phenoxy) is 1. The molecule has 1 aliphatic heterocycles. The van der Waals surface area contributed by atoms with Crippen molar-refractivity contribution < 1.29 is 24.9 Å². The lowest BCUT2D eigenvalue weighted by atomic mass is 9.51. The summed E-state index contributed by atoms with van der Waals surface area (Å²) in [7, 11) is 0. The quantitative estimate of drug-likeness (QED) is 0.555. The van der Waals surface area contributed by atoms with Crippen molar-refractivity contribution in [1.82, 2.24) is 0 Å². The Hall–Kier alpha value is -0.490. The molecule has 3 saturated carbocycles. The average molecular weight is 465 g/mol. The molecule has 5 heteroatoms. The molecule has 4 rings (SSSR count). The predicted molar refractivity (Wildman–Crippen MR) is 128 cm³/mol. The third kappa shape index (κ3) is 4.57. The van der Waals surface area contributed by atoms with Crippen molar-refractivity contribution in [3.8, 4) is 0 Å². The number of carbonyl (C=O) groups excluding carboxylic acids is 1. The number of fused-ring (bicyclic) bond motifs is 2. The van der Waals surface area contributed by atoms with Crippen molar-refractivity contribution in [2.45, 2.75) is 111 Å². The highest BCUT2D eigenvalue weighted by Crippen LogP contribution is 2.62. The smallest absolute Gasteiger partial charge is 0.155 e. The Labute approximate surface area is 200 Å². The van der Waals surface area contributed by atoms with Gasteiger partial charge in [-0.1, -0.05) is 41.0 Å². The van der Waals surface area contributed by atoms with E-state index in [0.717, 1.165) is 19.3 Å². The van der Waals surface area contributed by atoms with Gasteiger partial charge in [-0.25, -0.2) is 0 Å². The van der Waals surface area contributed by atoms with Crippen molar-refractivity contribution in [3.05, 3.63) is 0 Å². The van der Waals surface area contributed by atoms with Crippen molar-refractivity contribution >= 4 is 5.78 Å². The van der Waals surface area contributed by atoms with Gasteiger partial charge in [0.2, 0.25) is 0 Å². The van der Waals surface area contributed by atoms with Gasteiger partial charge in [0.1, 0.15) is 5.78 Å². The van der Waals surface area contributed by atoms with Gasteiger partial charge >= 0.3 is 0 Å². The van der Waals surface area contributed by atoms with E-state index in [4.69, 9.17) is 4.74 Å². The van der Waals surface area contributed by atoms with E-state index in [1.165, 1.54) is 6.42 Å². The second-order valence-electron chi connectivity index (χ2n) is 13.1. The van der Waals surface area contributed by atoms with Crippen LogP contribution in [-0.2, 0) is 9.53 Å². The van der Waals surface area contributed by atoms with Gasteiger partial charge in [0, 0.05) is 17.8 Å². The molecule has 33 heavy (non-hydrogen) atoms. The first-order valence-corrected chi connectivity index (χ1v) is 13.7. The topological polar surface area (TPSA) is 87.0 Å². The molecule has 0 amide bonds. The van der Waals surface area contributed by atoms with Crippen molar-refractivity contribution in [1.29, 1.82) is 0 Å². The van der Waals surface area contributed by atoms with Crippen LogP contribution in [0.2, 0.25) is 0 Å². The summed E-state index contributed by atoms with van der Waals surface area (Å²) in [6.45, 7) is 11.8. The van der Waals surface area contributed by atoms with Crippen LogP contribution < -0.4 is 0 Å². The molecule has 0 spiro atoms. The van der Waals surface area contributed by atoms with Crippen LogP contribution in [0.5, 0.6) is 0 Å². The van der Waals surface area contributed by atoms with Crippen molar-refractivity contribution in [2.24, 2.45) is 52.3 Å². The Kier molecular flexibility index (Phi) is 7.38. The van der Waals surface area contributed by atoms with E-state index in [9.17, 15) is 20.1 Å². The number of Topliss-reactive ketones (excluding diaryl/α,β-unsaturated/α-hetero) is 1. The predicted octanol–water partition coefficient (Wildman–Crippen LogP) is 4.56. The first-order chi connectivity index (χ1) is 15.5. The zero-order chi connectivity index (χ0) is 24.1. The number of hydrogen-bond donors (Lipinski definition) is 3. The van der Waals surface area contributed by atoms with E-state index in [1.54, 1.807) is 0 Å². The number of hydrogen-bond acceptors (Lipinski definition) is 5. The van der Waals surface area contributed by atoms with E-state index in [1.807, 2.05) is 6.92 Å². The minimum Gasteiger partial charge on any atom is -0.393 e. The van der Waals surface area contributed by atoms with Gasteiger partial charge < -0.3 is 20.1 Å². The van der Waals surface area contributed by atoms with Crippen LogP contribution in [0.3, 0.4) is 0 Å². The molecular formula is C28H48O5. The Morgan fingerprint density at radius 1 is 1.00 bits per heavy atom. The van der Waals surface area contributed by atoms with Crippen LogP contribution in [0.15, 0.2) is 0 Å². The number of carbonyl (C=O) groups is 1. The molecule has 3 aliphatic carbocycles. The SMILES string of the molecule is CC(C)[C@@H](C)CC[C@H]1CO[C@@H](O)C[C@@]2(C)[C@@H]([C@@H]3C[C@H](O)[C@H]4C[C@@H](O)CC[C@]4(C)C3=O)CC[C@@H]12. The maximum Gasteiger partial charge on any atom is 0.155 e. The van der Waals surface area contributed by atoms with Crippen LogP contribution in [0.1, 0.15) is 92.4 Å². The number of rotatable bonds is 5. The molecule has 0 radical (unpaired) electrons. The highest BCUT2D eigenvalue weighted by atomic mass is 16.6. The summed E-state index contributed by atoms with van der Waals surface area (Å²) < 4.78 is 5.90. The molecule has 0 aromatic carbocycles. The molecule has 1 heterocycles. The van der Waals surface area contributed by atoms with Gasteiger partial charge in [0.05, 0.1) is 18.8 Å². The van der Waals surface area contributed by atoms with Gasteiger partial charge in [-0.15, -0.1) is 0 Å². The van der Waals surface area contributed by atoms with E-state index in [2.05, 4.69) is 27.7 Å². The number of aliphatic hydroxyl groups excluding tert-OH is 3. The maximum absolute atomic E-state index is 14.0. The molecule has 0 unspecified atom stereocenters. The highest BCUT2D eigenvalue weighted by Gasteiger charge is 2.61. The van der Waals surface area contributed by atoms with E-state index in [0.29, 0.717) is 68.2 Å². The summed E-state index contributed by atoms with van der Waals surface area (Å²) in [5, 5.41) is 32.0. The zero-order valence-corrected chi connectivity index (χ0v) is 21.5. The first-order valence-electron chi connectivity index (χ1n) is 13.7. The molecule has 0 aromatic heterocycles. The van der Waals surface area contributed by atoms with Gasteiger partial charge in [-0.3, -0.25) is 4.79 Å². The van der Waals surface area contributed by atoms with Crippen LogP contribution in [-0.4, -0.2) is 46.2 Å². The van der Waals surface area contributed by atoms with E-state index in [-0.39, 0.29) is 23.2 Å². The second kappa shape index (κ2) is 9.52. The third-order valence-electron chi connectivity index (χ3n) is 11.0. The van der Waals surface area contributed by atoms with Crippen LogP contribution >= 0.6 is 0 Å². The van der Waals surface area contributed by atoms with Gasteiger partial charge in [0.25, 0.3) is 0 Å². The summed E-state index contributed by atoms with van der Waals surface area (Å²) in [4.78, 5) is 14.0. The molecule has 1 saturated heterocycles. The zero-order valence-electron chi connectivity index (χ0n) is 21.5. The van der Waals surface area contributed by atoms with Crippen LogP contribution in [0.4, 0.5) is 0 Å². The van der Waals surface area contributed by atoms with Crippen LogP contribution in [0.25, 0.3) is 0 Å². The Morgan fingerprint density at radius 2 is 1.70 bits per heavy atom. The minimum absolute atomic E-state index is 0.136. The molecule has 5 nitrogen and oxygen atoms in total. The van der Waals surface area contributed by atoms with Crippen LogP contribution in [0, 0.1) is 52.3 Å². The molecule has 0 bridgehead atoms. The molecule has 4 fully saturated rings. The Bertz CT molecular complexity index is 708. The maximum atomic E-state index is 14.0. The van der Waals surface area contributed by atoms with Gasteiger partial charge in [-0.2, -0.15) is 0 Å². The lowest BCUT2D eigenvalue weighted by Crippen LogP contribution is -2.56. The van der Waals surface area contributed by atoms with E-state index >= 15 is 0 Å². The molecule has 190 valence electrons. The fourth-order valence-electron chi connectivity index (χ4n) is 8.42. The fraction of sp³-hybridized carbons (Fsp3) is 0.964. The minimum atomic E-state index is -0.776. The average Bonchev–Trinajstić information content (AvgIpc) is 3.01. The van der Waals surface area contributed by atoms with Crippen molar-refractivity contribution in [2.75, 3.05) is 6.61 Å². The molecule has 11 atom stereocenters. The summed E-state index contributed by atoms with van der Waals surface area (Å²) in [5.41, 5.74) is -0.693. The Morgan fingerprint density at radius 3 is 2.39 bits per heavy atom. The lowest BCUT2D eigenvalue weighted by Gasteiger charge is -2.53. The normalized spacial score (nSPS) is 49.4. The second-order valence-corrected chi connectivity index (χ2v) is 13.1. The summed E-state index contributed by atoms with van der Waals surface area (Å²) in [5.74, 6) is 2.37. The molecule has 0 aromatic rings. The monoisotopic (exact) mass is 464 g/mol. The van der Waals surface area contributed by atoms with E-state index < -0.39 is 23.9 Å². The molecule has 4 aliphatic rings. The van der Waals surface area contributed by atoms with Gasteiger partial charge in [-0.05, 0) is 85.9 Å². The summed E-state index contributed by atoms with van der Waals surface area (Å²) in [6.07, 6.45) is 5.56. The number of ketones is 1. The van der Waals surface area contributed by atoms with Crippen molar-refractivity contribution in [3.63, 3.8) is 0 Å². The largest absolute Gasteiger partial charge is 0.393 e. The standard InChI is InChI=1S/C28H48O5/c1-16(2)17(3)6-7-18-15-33-25(31)14-28(5)21(18)8-9-22(28)20-13-24(30)23-12-19(29)10-11-27(23,4)26(20)32/h16-25,29-31H,6-15H2,1-5H3/t17-,18-,19-,20-,21-,22+,23+,24-,25+,27-,28+/m0/s1. The first kappa shape index (κ1) is 25.6. The Balaban J connectivity index is 1.57. The third-order valence-corrected chi connectivity index (χ3v) is 11.0.